The Labute approximate surface area is 496 Å². The predicted octanol–water partition coefficient (Wildman–Crippen LogP) is 6.35. The summed E-state index contributed by atoms with van der Waals surface area (Å²) in [4.78, 5) is 26.4. The van der Waals surface area contributed by atoms with Gasteiger partial charge >= 0.3 is 61.0 Å². The molecular formula is C42H34F12N10O14Rh2S4. The van der Waals surface area contributed by atoms with Crippen LogP contribution >= 0.6 is 0 Å². The quantitative estimate of drug-likeness (QED) is 0.0463. The summed E-state index contributed by atoms with van der Waals surface area (Å²) < 4.78 is 236. The van der Waals surface area contributed by atoms with Crippen LogP contribution in [0.25, 0.3) is 45.6 Å². The van der Waals surface area contributed by atoms with Crippen LogP contribution in [-0.4, -0.2) is 104 Å². The van der Waals surface area contributed by atoms with E-state index >= 15 is 0 Å². The van der Waals surface area contributed by atoms with Gasteiger partial charge in [0.2, 0.25) is 0 Å². The van der Waals surface area contributed by atoms with E-state index in [1.807, 2.05) is 109 Å². The molecule has 0 N–H and O–H groups in total. The number of pyridine rings is 6. The van der Waals surface area contributed by atoms with Crippen LogP contribution in [0.1, 0.15) is 27.7 Å². The normalized spacial score (nSPS) is 10.2. The van der Waals surface area contributed by atoms with E-state index in [1.165, 1.54) is 27.7 Å². The second kappa shape index (κ2) is 45.3. The Morgan fingerprint density at radius 2 is 0.440 bits per heavy atom. The molecule has 0 saturated carbocycles. The maximum atomic E-state index is 10.7. The molecule has 6 aromatic rings. The Hall–Kier alpha value is -7.17. The van der Waals surface area contributed by atoms with Gasteiger partial charge in [-0.15, -0.1) is 0 Å². The number of hydrogen-bond donors (Lipinski definition) is 0. The molecule has 0 aliphatic heterocycles. The van der Waals surface area contributed by atoms with Crippen molar-refractivity contribution >= 4 is 40.5 Å². The van der Waals surface area contributed by atoms with Crippen LogP contribution in [0.4, 0.5) is 52.7 Å². The van der Waals surface area contributed by atoms with Gasteiger partial charge < -0.3 is 28.7 Å². The van der Waals surface area contributed by atoms with Crippen molar-refractivity contribution in [3.63, 3.8) is 0 Å². The van der Waals surface area contributed by atoms with Gasteiger partial charge in [-0.05, 0) is 72.8 Å². The van der Waals surface area contributed by atoms with Crippen LogP contribution < -0.4 is 10.5 Å². The van der Waals surface area contributed by atoms with Gasteiger partial charge in [-0.3, -0.25) is 19.9 Å². The molecule has 0 atom stereocenters. The second-order valence-electron chi connectivity index (χ2n) is 12.2. The van der Waals surface area contributed by atoms with Gasteiger partial charge in [0, 0.05) is 52.5 Å². The van der Waals surface area contributed by atoms with Crippen molar-refractivity contribution in [2.24, 2.45) is 0 Å². The van der Waals surface area contributed by atoms with Crippen LogP contribution in [0.15, 0.2) is 134 Å². The van der Waals surface area contributed by atoms with Crippen molar-refractivity contribution in [2.75, 3.05) is 0 Å². The van der Waals surface area contributed by atoms with Crippen LogP contribution in [0.3, 0.4) is 0 Å². The molecule has 462 valence electrons. The molecule has 6 aromatic heterocycles. The van der Waals surface area contributed by atoms with E-state index in [4.69, 9.17) is 83.4 Å². The molecular weight excluding hydrogens is 1430 g/mol. The fourth-order valence-electron chi connectivity index (χ4n) is 3.50. The number of hydrogen-bond acceptors (Lipinski definition) is 24. The van der Waals surface area contributed by atoms with E-state index in [9.17, 15) is 52.7 Å². The molecule has 0 bridgehead atoms. The van der Waals surface area contributed by atoms with E-state index in [1.54, 1.807) is 49.1 Å². The number of halogens is 12. The van der Waals surface area contributed by atoms with Gasteiger partial charge in [-0.1, -0.05) is 36.4 Å². The average Bonchev–Trinajstić information content (AvgIpc) is 3.38. The summed E-state index contributed by atoms with van der Waals surface area (Å²) in [6.07, 6.45) is 7.07. The molecule has 0 aromatic carbocycles. The fourth-order valence-corrected chi connectivity index (χ4v) is 3.50. The summed E-state index contributed by atoms with van der Waals surface area (Å²) >= 11 is 0. The van der Waals surface area contributed by atoms with Crippen molar-refractivity contribution in [2.45, 2.75) is 49.7 Å². The predicted molar refractivity (Wildman–Crippen MR) is 250 cm³/mol. The van der Waals surface area contributed by atoms with E-state index in [-0.39, 0.29) is 39.0 Å². The Kier molecular flexibility index (Phi) is 48.8. The van der Waals surface area contributed by atoms with Crippen LogP contribution in [0.2, 0.25) is 0 Å². The van der Waals surface area contributed by atoms with E-state index in [0.717, 1.165) is 45.6 Å². The number of aromatic nitrogens is 6. The monoisotopic (exact) mass is 1460 g/mol. The Bertz CT molecular complexity index is 2940. The molecule has 0 aliphatic carbocycles. The smallest absolute Gasteiger partial charge is 1.00 e. The molecule has 6 heterocycles. The SMILES string of the molecule is CC#N.CC#N.CC#N.CC#N.O=S(=O)([O-])C(F)(F)F.O=S(=O)([O-])C(F)(F)F.O=S(=O)([O-])C(F)(F)F.O=S(=O)([O-])C(F)(F)F.[O-][O-].[Rh+3].[Rh+3].c1ccc(-c2cccc(-c3ccccn3)n2)nc1.c1ccc(-c2cccc(-c3ccccn3)n2)nc1. The first-order valence-corrected chi connectivity index (χ1v) is 25.2. The molecule has 0 radical (unpaired) electrons. The van der Waals surface area contributed by atoms with Gasteiger partial charge in [0.15, 0.2) is 40.5 Å². The Morgan fingerprint density at radius 1 is 0.321 bits per heavy atom. The topological polar surface area (TPSA) is 447 Å². The number of alkyl halides is 12. The zero-order chi connectivity index (χ0) is 65.2. The summed E-state index contributed by atoms with van der Waals surface area (Å²) in [5.74, 6) is 0. The van der Waals surface area contributed by atoms with Crippen molar-refractivity contribution < 1.29 is 154 Å². The Balaban J connectivity index is -0.000000167. The van der Waals surface area contributed by atoms with Crippen molar-refractivity contribution in [3.05, 3.63) is 134 Å². The summed E-state index contributed by atoms with van der Waals surface area (Å²) in [7, 11) is -24.4. The van der Waals surface area contributed by atoms with Gasteiger partial charge in [-0.2, -0.15) is 73.7 Å². The zero-order valence-corrected chi connectivity index (χ0v) is 48.3. The summed E-state index contributed by atoms with van der Waals surface area (Å²) in [6.45, 7) is 5.72. The third kappa shape index (κ3) is 43.5. The molecule has 0 unspecified atom stereocenters. The Morgan fingerprint density at radius 3 is 0.536 bits per heavy atom. The molecule has 6 rings (SSSR count). The number of rotatable bonds is 4. The van der Waals surface area contributed by atoms with Gasteiger partial charge in [0.05, 0.1) is 69.8 Å². The average molecular weight is 1460 g/mol. The van der Waals surface area contributed by atoms with E-state index < -0.39 is 62.5 Å². The number of nitrogens with zero attached hydrogens (tertiary/aromatic N) is 10. The van der Waals surface area contributed by atoms with Crippen molar-refractivity contribution in [1.82, 2.24) is 29.9 Å². The fraction of sp³-hybridized carbons (Fsp3) is 0.190. The molecule has 24 nitrogen and oxygen atoms in total. The second-order valence-corrected chi connectivity index (χ2v) is 17.7. The molecule has 84 heavy (non-hydrogen) atoms. The third-order valence-corrected chi connectivity index (χ3v) is 8.61. The van der Waals surface area contributed by atoms with E-state index in [0.29, 0.717) is 0 Å². The standard InChI is InChI=1S/2C15H11N3.4C2H3N.4CHF3O3S.O2.2Rh/c2*1-3-10-16-12(6-1)14-8-5-9-15(18-14)13-7-2-4-11-17-13;4*1-2-3;4*2-1(3,4)8(5,6)7;1-2;;/h2*1-11H;4*1H3;4*(H,5,6,7);;;/q;;;;;;;;;;-2;2*+3/p-4. The van der Waals surface area contributed by atoms with Crippen molar-refractivity contribution in [3.8, 4) is 69.8 Å². The maximum absolute atomic E-state index is 10.7. The first-order chi connectivity index (χ1) is 37.5. The molecule has 0 amide bonds. The van der Waals surface area contributed by atoms with Crippen molar-refractivity contribution in [1.29, 1.82) is 21.0 Å². The summed E-state index contributed by atoms with van der Waals surface area (Å²) in [6, 6.07) is 42.0. The van der Waals surface area contributed by atoms with Gasteiger partial charge in [0.25, 0.3) is 0 Å². The van der Waals surface area contributed by atoms with Crippen LogP contribution in [-0.2, 0) is 79.4 Å². The molecule has 0 spiro atoms. The van der Waals surface area contributed by atoms with Gasteiger partial charge in [0.1, 0.15) is 0 Å². The summed E-state index contributed by atoms with van der Waals surface area (Å²) in [5, 5.41) is 43.3. The summed E-state index contributed by atoms with van der Waals surface area (Å²) in [5.41, 5.74) is -15.7. The first-order valence-electron chi connectivity index (χ1n) is 19.6. The minimum Gasteiger partial charge on any atom is -1.00 e. The van der Waals surface area contributed by atoms with E-state index in [2.05, 4.69) is 29.9 Å². The minimum absolute atomic E-state index is 0. The number of nitriles is 4. The van der Waals surface area contributed by atoms with Gasteiger partial charge in [-0.25, -0.2) is 43.6 Å². The third-order valence-electron chi connectivity index (χ3n) is 6.34. The maximum Gasteiger partial charge on any atom is 3.00 e. The zero-order valence-electron chi connectivity index (χ0n) is 41.7. The first kappa shape index (κ1) is 90.6. The van der Waals surface area contributed by atoms with Crippen LogP contribution in [0, 0.1) is 45.3 Å². The largest absolute Gasteiger partial charge is 3.00 e. The van der Waals surface area contributed by atoms with Crippen LogP contribution in [0.5, 0.6) is 0 Å². The molecule has 0 fully saturated rings. The molecule has 42 heteroatoms. The minimum atomic E-state index is -6.09. The molecule has 0 aliphatic rings. The molecule has 0 saturated heterocycles.